The van der Waals surface area contributed by atoms with Crippen LogP contribution in [-0.4, -0.2) is 12.2 Å². The Morgan fingerprint density at radius 3 is 1.60 bits per heavy atom. The molecule has 0 bridgehead atoms. The first-order valence-corrected chi connectivity index (χ1v) is 3.27. The molecule has 0 heterocycles. The molecule has 1 rings (SSSR count). The maximum absolute atomic E-state index is 7.00. The Morgan fingerprint density at radius 1 is 1.00 bits per heavy atom. The van der Waals surface area contributed by atoms with Crippen molar-refractivity contribution in [2.24, 2.45) is 0 Å². The molecule has 1 N–H and O–H groups in total. The van der Waals surface area contributed by atoms with Crippen molar-refractivity contribution in [1.82, 2.24) is 0 Å². The molecule has 1 heteroatoms. The zero-order valence-corrected chi connectivity index (χ0v) is 6.76. The fourth-order valence-electron chi connectivity index (χ4n) is 0.807. The molecule has 0 radical (unpaired) electrons. The van der Waals surface area contributed by atoms with Crippen LogP contribution in [0.25, 0.3) is 0 Å². The maximum Gasteiger partial charge on any atom is 0.0319 e. The predicted octanol–water partition coefficient (Wildman–Crippen LogP) is 1.91. The standard InChI is InChI=1S/C8H10.CH4O/c1-7-4-3-5-8(2)6-7;1-2/h3-6H,1-2H3;2H,1H3. The van der Waals surface area contributed by atoms with Gasteiger partial charge in [-0.15, -0.1) is 0 Å². The van der Waals surface area contributed by atoms with E-state index in [9.17, 15) is 0 Å². The van der Waals surface area contributed by atoms with Gasteiger partial charge in [0.05, 0.1) is 0 Å². The Labute approximate surface area is 62.3 Å². The molecule has 0 amide bonds. The second kappa shape index (κ2) is 5.00. The normalized spacial score (nSPS) is 8.00. The van der Waals surface area contributed by atoms with Crippen molar-refractivity contribution in [3.8, 4) is 0 Å². The third kappa shape index (κ3) is 3.25. The van der Waals surface area contributed by atoms with E-state index in [1.54, 1.807) is 0 Å². The van der Waals surface area contributed by atoms with Gasteiger partial charge in [-0.1, -0.05) is 35.4 Å². The SMILES string of the molecule is CO.Cc1cccc(C)c1. The summed E-state index contributed by atoms with van der Waals surface area (Å²) < 4.78 is 0. The van der Waals surface area contributed by atoms with Crippen LogP contribution in [0.2, 0.25) is 0 Å². The van der Waals surface area contributed by atoms with E-state index in [-0.39, 0.29) is 0 Å². The summed E-state index contributed by atoms with van der Waals surface area (Å²) in [5, 5.41) is 7.00. The Morgan fingerprint density at radius 2 is 1.40 bits per heavy atom. The average molecular weight is 138 g/mol. The molecule has 0 aromatic heterocycles. The maximum atomic E-state index is 7.00. The van der Waals surface area contributed by atoms with Gasteiger partial charge in [0.25, 0.3) is 0 Å². The summed E-state index contributed by atoms with van der Waals surface area (Å²) in [5.41, 5.74) is 2.68. The first-order chi connectivity index (χ1) is 4.79. The summed E-state index contributed by atoms with van der Waals surface area (Å²) in [4.78, 5) is 0. The second-order valence-corrected chi connectivity index (χ2v) is 2.16. The number of aryl methyl sites for hydroxylation is 2. The van der Waals surface area contributed by atoms with Crippen LogP contribution in [0.3, 0.4) is 0 Å². The number of hydrogen-bond donors (Lipinski definition) is 1. The van der Waals surface area contributed by atoms with E-state index >= 15 is 0 Å². The molecule has 10 heavy (non-hydrogen) atoms. The van der Waals surface area contributed by atoms with Crippen molar-refractivity contribution in [1.29, 1.82) is 0 Å². The van der Waals surface area contributed by atoms with E-state index in [1.807, 2.05) is 0 Å². The Hall–Kier alpha value is -0.820. The van der Waals surface area contributed by atoms with E-state index < -0.39 is 0 Å². The Balaban J connectivity index is 0.000000371. The molecule has 0 saturated carbocycles. The van der Waals surface area contributed by atoms with Crippen LogP contribution in [0.1, 0.15) is 11.1 Å². The van der Waals surface area contributed by atoms with Gasteiger partial charge in [0.2, 0.25) is 0 Å². The smallest absolute Gasteiger partial charge is 0.0319 e. The lowest BCUT2D eigenvalue weighted by molar-refractivity contribution is 0.399. The van der Waals surface area contributed by atoms with E-state index in [4.69, 9.17) is 5.11 Å². The average Bonchev–Trinajstić information content (AvgIpc) is 1.91. The van der Waals surface area contributed by atoms with Crippen molar-refractivity contribution >= 4 is 0 Å². The van der Waals surface area contributed by atoms with Crippen molar-refractivity contribution in [3.63, 3.8) is 0 Å². The number of rotatable bonds is 0. The summed E-state index contributed by atoms with van der Waals surface area (Å²) in [6.45, 7) is 4.21. The van der Waals surface area contributed by atoms with E-state index in [0.29, 0.717) is 0 Å². The third-order valence-electron chi connectivity index (χ3n) is 1.17. The fourth-order valence-corrected chi connectivity index (χ4v) is 0.807. The van der Waals surface area contributed by atoms with Crippen LogP contribution in [0.15, 0.2) is 24.3 Å². The molecule has 1 aromatic rings. The summed E-state index contributed by atoms with van der Waals surface area (Å²) in [6.07, 6.45) is 0. The van der Waals surface area contributed by atoms with Crippen LogP contribution < -0.4 is 0 Å². The lowest BCUT2D eigenvalue weighted by Gasteiger charge is -1.90. The molecule has 0 aliphatic heterocycles. The molecule has 0 saturated heterocycles. The van der Waals surface area contributed by atoms with E-state index in [1.165, 1.54) is 11.1 Å². The van der Waals surface area contributed by atoms with Crippen molar-refractivity contribution in [2.45, 2.75) is 13.8 Å². The molecule has 0 aliphatic carbocycles. The van der Waals surface area contributed by atoms with Crippen molar-refractivity contribution < 1.29 is 5.11 Å². The minimum atomic E-state index is 1.00. The minimum Gasteiger partial charge on any atom is -0.400 e. The lowest BCUT2D eigenvalue weighted by Crippen LogP contribution is -1.71. The molecule has 0 aliphatic rings. The van der Waals surface area contributed by atoms with Crippen LogP contribution >= 0.6 is 0 Å². The molecule has 0 unspecified atom stereocenters. The Kier molecular flexibility index (Phi) is 4.59. The third-order valence-corrected chi connectivity index (χ3v) is 1.17. The first-order valence-electron chi connectivity index (χ1n) is 3.27. The van der Waals surface area contributed by atoms with Gasteiger partial charge in [-0.05, 0) is 13.8 Å². The van der Waals surface area contributed by atoms with Gasteiger partial charge in [0.1, 0.15) is 0 Å². The predicted molar refractivity (Wildman–Crippen MR) is 44.1 cm³/mol. The van der Waals surface area contributed by atoms with E-state index in [2.05, 4.69) is 38.1 Å². The van der Waals surface area contributed by atoms with Crippen LogP contribution in [0.5, 0.6) is 0 Å². The Bertz CT molecular complexity index is 165. The fraction of sp³-hybridized carbons (Fsp3) is 0.333. The lowest BCUT2D eigenvalue weighted by atomic mass is 10.2. The first kappa shape index (κ1) is 9.18. The van der Waals surface area contributed by atoms with Gasteiger partial charge in [-0.2, -0.15) is 0 Å². The highest BCUT2D eigenvalue weighted by atomic mass is 16.2. The largest absolute Gasteiger partial charge is 0.400 e. The number of hydrogen-bond acceptors (Lipinski definition) is 1. The van der Waals surface area contributed by atoms with Gasteiger partial charge in [-0.3, -0.25) is 0 Å². The topological polar surface area (TPSA) is 20.2 Å². The molecular formula is C9H14O. The molecule has 0 spiro atoms. The summed E-state index contributed by atoms with van der Waals surface area (Å²) in [6, 6.07) is 8.45. The van der Waals surface area contributed by atoms with Gasteiger partial charge in [-0.25, -0.2) is 0 Å². The van der Waals surface area contributed by atoms with E-state index in [0.717, 1.165) is 7.11 Å². The number of benzene rings is 1. The zero-order valence-electron chi connectivity index (χ0n) is 6.76. The molecule has 0 fully saturated rings. The summed E-state index contributed by atoms with van der Waals surface area (Å²) in [7, 11) is 1.00. The molecule has 1 nitrogen and oxygen atoms in total. The molecule has 56 valence electrons. The van der Waals surface area contributed by atoms with Crippen molar-refractivity contribution in [3.05, 3.63) is 35.4 Å². The van der Waals surface area contributed by atoms with Crippen LogP contribution in [0.4, 0.5) is 0 Å². The molecule has 0 atom stereocenters. The van der Waals surface area contributed by atoms with Gasteiger partial charge in [0.15, 0.2) is 0 Å². The zero-order chi connectivity index (χ0) is 7.98. The second-order valence-electron chi connectivity index (χ2n) is 2.16. The monoisotopic (exact) mass is 138 g/mol. The summed E-state index contributed by atoms with van der Waals surface area (Å²) >= 11 is 0. The highest BCUT2D eigenvalue weighted by Gasteiger charge is 1.80. The number of aliphatic hydroxyl groups excluding tert-OH is 1. The van der Waals surface area contributed by atoms with Gasteiger partial charge >= 0.3 is 0 Å². The van der Waals surface area contributed by atoms with Gasteiger partial charge < -0.3 is 5.11 Å². The van der Waals surface area contributed by atoms with Crippen LogP contribution in [0, 0.1) is 13.8 Å². The highest BCUT2D eigenvalue weighted by Crippen LogP contribution is 2.00. The highest BCUT2D eigenvalue weighted by molar-refractivity contribution is 5.20. The van der Waals surface area contributed by atoms with Crippen molar-refractivity contribution in [2.75, 3.05) is 7.11 Å². The van der Waals surface area contributed by atoms with Crippen LogP contribution in [-0.2, 0) is 0 Å². The minimum absolute atomic E-state index is 1.00. The molecular weight excluding hydrogens is 124 g/mol. The van der Waals surface area contributed by atoms with Gasteiger partial charge in [0, 0.05) is 7.11 Å². The number of aliphatic hydroxyl groups is 1. The quantitative estimate of drug-likeness (QED) is 0.580. The molecule has 1 aromatic carbocycles. The summed E-state index contributed by atoms with van der Waals surface area (Å²) in [5.74, 6) is 0.